The minimum Gasteiger partial charge on any atom is -0.314 e. The summed E-state index contributed by atoms with van der Waals surface area (Å²) in [5, 5.41) is 8.34. The number of pyridine rings is 1. The van der Waals surface area contributed by atoms with E-state index in [2.05, 4.69) is 15.2 Å². The summed E-state index contributed by atoms with van der Waals surface area (Å²) in [4.78, 5) is 3.91. The number of halogens is 1. The van der Waals surface area contributed by atoms with E-state index < -0.39 is 0 Å². The molecule has 0 aliphatic carbocycles. The molecule has 0 spiro atoms. The van der Waals surface area contributed by atoms with E-state index in [1.54, 1.807) is 18.6 Å². The third-order valence-corrected chi connectivity index (χ3v) is 2.15. The second-order valence-electron chi connectivity index (χ2n) is 2.81. The highest BCUT2D eigenvalue weighted by atomic mass is 35.5. The highest BCUT2D eigenvalue weighted by Crippen LogP contribution is 2.18. The molecule has 2 heterocycles. The van der Waals surface area contributed by atoms with Gasteiger partial charge in [0.15, 0.2) is 5.82 Å². The largest absolute Gasteiger partial charge is 0.314 e. The second-order valence-corrected chi connectivity index (χ2v) is 3.20. The van der Waals surface area contributed by atoms with Gasteiger partial charge in [0.1, 0.15) is 11.5 Å². The Morgan fingerprint density at radius 3 is 3.07 bits per heavy atom. The Morgan fingerprint density at radius 1 is 1.50 bits per heavy atom. The van der Waals surface area contributed by atoms with Gasteiger partial charge in [0.2, 0.25) is 0 Å². The first-order chi connectivity index (χ1) is 6.81. The number of rotatable bonds is 2. The van der Waals surface area contributed by atoms with E-state index in [0.717, 1.165) is 17.9 Å². The van der Waals surface area contributed by atoms with Crippen molar-refractivity contribution in [3.63, 3.8) is 0 Å². The van der Waals surface area contributed by atoms with Crippen LogP contribution >= 0.6 is 11.6 Å². The predicted octanol–water partition coefficient (Wildman–Crippen LogP) is 2.01. The Balaban J connectivity index is 2.49. The highest BCUT2D eigenvalue weighted by Gasteiger charge is 2.05. The fourth-order valence-electron chi connectivity index (χ4n) is 1.25. The molecule has 0 aromatic carbocycles. The van der Waals surface area contributed by atoms with Crippen molar-refractivity contribution in [1.82, 2.24) is 19.7 Å². The Morgan fingerprint density at radius 2 is 2.36 bits per heavy atom. The molecular weight excluding hydrogens is 200 g/mol. The van der Waals surface area contributed by atoms with Gasteiger partial charge in [-0.05, 0) is 19.1 Å². The molecule has 72 valence electrons. The molecule has 0 aliphatic rings. The van der Waals surface area contributed by atoms with Gasteiger partial charge in [0.25, 0.3) is 0 Å². The fraction of sp³-hybridized carbons (Fsp3) is 0.222. The maximum absolute atomic E-state index is 5.79. The van der Waals surface area contributed by atoms with Crippen LogP contribution in [-0.2, 0) is 6.54 Å². The maximum Gasteiger partial charge on any atom is 0.163 e. The summed E-state index contributed by atoms with van der Waals surface area (Å²) in [7, 11) is 0. The molecule has 2 rings (SSSR count). The first-order valence-corrected chi connectivity index (χ1v) is 4.69. The van der Waals surface area contributed by atoms with Crippen molar-refractivity contribution >= 4 is 11.6 Å². The third kappa shape index (κ3) is 1.61. The zero-order valence-electron chi connectivity index (χ0n) is 7.68. The van der Waals surface area contributed by atoms with E-state index in [1.165, 1.54) is 0 Å². The van der Waals surface area contributed by atoms with Crippen molar-refractivity contribution in [2.24, 2.45) is 0 Å². The molecule has 0 N–H and O–H groups in total. The summed E-state index contributed by atoms with van der Waals surface area (Å²) in [6.45, 7) is 2.87. The van der Waals surface area contributed by atoms with E-state index in [0.29, 0.717) is 5.15 Å². The van der Waals surface area contributed by atoms with Crippen LogP contribution in [0.3, 0.4) is 0 Å². The fourth-order valence-corrected chi connectivity index (χ4v) is 1.43. The minimum absolute atomic E-state index is 0.466. The summed E-state index contributed by atoms with van der Waals surface area (Å²) in [5.41, 5.74) is 0.935. The summed E-state index contributed by atoms with van der Waals surface area (Å²) in [6, 6.07) is 3.64. The monoisotopic (exact) mass is 208 g/mol. The Hall–Kier alpha value is -1.42. The molecule has 0 bridgehead atoms. The minimum atomic E-state index is 0.466. The number of aryl methyl sites for hydroxylation is 1. The van der Waals surface area contributed by atoms with Crippen molar-refractivity contribution in [1.29, 1.82) is 0 Å². The predicted molar refractivity (Wildman–Crippen MR) is 53.9 cm³/mol. The molecule has 0 fully saturated rings. The van der Waals surface area contributed by atoms with Crippen molar-refractivity contribution in [2.75, 3.05) is 0 Å². The van der Waals surface area contributed by atoms with E-state index in [-0.39, 0.29) is 0 Å². The summed E-state index contributed by atoms with van der Waals surface area (Å²) in [6.07, 6.45) is 3.36. The molecule has 0 saturated heterocycles. The molecule has 2 aromatic rings. The lowest BCUT2D eigenvalue weighted by Gasteiger charge is -2.02. The van der Waals surface area contributed by atoms with Gasteiger partial charge in [0, 0.05) is 18.3 Å². The normalized spacial score (nSPS) is 10.4. The van der Waals surface area contributed by atoms with Gasteiger partial charge in [-0.1, -0.05) is 11.6 Å². The van der Waals surface area contributed by atoms with Crippen LogP contribution in [0.25, 0.3) is 11.4 Å². The molecule has 0 amide bonds. The van der Waals surface area contributed by atoms with Crippen LogP contribution in [0, 0.1) is 0 Å². The molecule has 14 heavy (non-hydrogen) atoms. The van der Waals surface area contributed by atoms with Gasteiger partial charge in [-0.3, -0.25) is 0 Å². The van der Waals surface area contributed by atoms with Crippen molar-refractivity contribution in [3.05, 3.63) is 29.8 Å². The molecular formula is C9H9ClN4. The van der Waals surface area contributed by atoms with Gasteiger partial charge < -0.3 is 4.57 Å². The highest BCUT2D eigenvalue weighted by molar-refractivity contribution is 6.29. The molecule has 2 aromatic heterocycles. The molecule has 0 saturated carbocycles. The first kappa shape index (κ1) is 9.15. The van der Waals surface area contributed by atoms with Gasteiger partial charge in [-0.2, -0.15) is 0 Å². The van der Waals surface area contributed by atoms with Crippen LogP contribution in [0.5, 0.6) is 0 Å². The Bertz CT molecular complexity index is 438. The van der Waals surface area contributed by atoms with Gasteiger partial charge in [0.05, 0.1) is 0 Å². The van der Waals surface area contributed by atoms with Crippen molar-refractivity contribution in [2.45, 2.75) is 13.5 Å². The molecule has 0 unspecified atom stereocenters. The zero-order valence-corrected chi connectivity index (χ0v) is 8.44. The Labute approximate surface area is 86.6 Å². The summed E-state index contributed by atoms with van der Waals surface area (Å²) in [5.74, 6) is 0.816. The number of hydrogen-bond acceptors (Lipinski definition) is 3. The van der Waals surface area contributed by atoms with Crippen LogP contribution in [0.4, 0.5) is 0 Å². The second kappa shape index (κ2) is 3.75. The van der Waals surface area contributed by atoms with Gasteiger partial charge >= 0.3 is 0 Å². The smallest absolute Gasteiger partial charge is 0.163 e. The number of aromatic nitrogens is 4. The van der Waals surface area contributed by atoms with Crippen LogP contribution in [0.15, 0.2) is 24.7 Å². The van der Waals surface area contributed by atoms with Crippen molar-refractivity contribution < 1.29 is 0 Å². The first-order valence-electron chi connectivity index (χ1n) is 4.31. The zero-order chi connectivity index (χ0) is 9.97. The molecule has 0 atom stereocenters. The lowest BCUT2D eigenvalue weighted by molar-refractivity contribution is 0.767. The summed E-state index contributed by atoms with van der Waals surface area (Å²) >= 11 is 5.79. The van der Waals surface area contributed by atoms with Crippen LogP contribution in [0.2, 0.25) is 5.15 Å². The van der Waals surface area contributed by atoms with Crippen LogP contribution < -0.4 is 0 Å². The summed E-state index contributed by atoms with van der Waals surface area (Å²) < 4.78 is 1.95. The Kier molecular flexibility index (Phi) is 2.45. The van der Waals surface area contributed by atoms with Gasteiger partial charge in [-0.15, -0.1) is 10.2 Å². The lowest BCUT2D eigenvalue weighted by atomic mass is 10.2. The quantitative estimate of drug-likeness (QED) is 0.710. The standard InChI is InChI=1S/C9H9ClN4/c1-2-14-6-12-13-9(14)7-3-4-11-8(10)5-7/h3-6H,2H2,1H3. The average molecular weight is 209 g/mol. The van der Waals surface area contributed by atoms with E-state index in [9.17, 15) is 0 Å². The lowest BCUT2D eigenvalue weighted by Crippen LogP contribution is -1.95. The molecule has 4 nitrogen and oxygen atoms in total. The number of hydrogen-bond donors (Lipinski definition) is 0. The van der Waals surface area contributed by atoms with E-state index in [4.69, 9.17) is 11.6 Å². The molecule has 0 aliphatic heterocycles. The molecule has 0 radical (unpaired) electrons. The topological polar surface area (TPSA) is 43.6 Å². The van der Waals surface area contributed by atoms with E-state index in [1.807, 2.05) is 17.6 Å². The third-order valence-electron chi connectivity index (χ3n) is 1.94. The van der Waals surface area contributed by atoms with Gasteiger partial charge in [-0.25, -0.2) is 4.98 Å². The van der Waals surface area contributed by atoms with E-state index >= 15 is 0 Å². The average Bonchev–Trinajstić information content (AvgIpc) is 2.65. The SMILES string of the molecule is CCn1cnnc1-c1ccnc(Cl)c1. The van der Waals surface area contributed by atoms with Crippen LogP contribution in [0.1, 0.15) is 6.92 Å². The van der Waals surface area contributed by atoms with Crippen LogP contribution in [-0.4, -0.2) is 19.7 Å². The van der Waals surface area contributed by atoms with Crippen molar-refractivity contribution in [3.8, 4) is 11.4 Å². The maximum atomic E-state index is 5.79. The number of nitrogens with zero attached hydrogens (tertiary/aromatic N) is 4. The molecule has 5 heteroatoms.